The molecule has 1 rings (SSSR count). The van der Waals surface area contributed by atoms with E-state index in [9.17, 15) is 15.3 Å². The van der Waals surface area contributed by atoms with Crippen LogP contribution in [0.3, 0.4) is 0 Å². The second-order valence-electron chi connectivity index (χ2n) is 4.25. The van der Waals surface area contributed by atoms with Crippen LogP contribution in [-0.2, 0) is 0 Å². The van der Waals surface area contributed by atoms with E-state index in [0.717, 1.165) is 6.42 Å². The Balaban J connectivity index is 2.38. The number of hydrogen-bond acceptors (Lipinski definition) is 4. The Labute approximate surface area is 84.2 Å². The first-order valence-corrected chi connectivity index (χ1v) is 5.26. The van der Waals surface area contributed by atoms with Gasteiger partial charge in [0, 0.05) is 13.0 Å². The van der Waals surface area contributed by atoms with Crippen molar-refractivity contribution < 1.29 is 20.4 Å². The van der Waals surface area contributed by atoms with E-state index in [-0.39, 0.29) is 24.9 Å². The van der Waals surface area contributed by atoms with Crippen LogP contribution in [-0.4, -0.2) is 38.9 Å². The van der Waals surface area contributed by atoms with Gasteiger partial charge in [-0.2, -0.15) is 0 Å². The van der Waals surface area contributed by atoms with Crippen molar-refractivity contribution in [2.75, 3.05) is 6.61 Å². The Hall–Kier alpha value is -0.160. The zero-order valence-corrected chi connectivity index (χ0v) is 8.56. The molecule has 0 aromatic rings. The summed E-state index contributed by atoms with van der Waals surface area (Å²) in [6.07, 6.45) is 1.18. The molecule has 0 bridgehead atoms. The highest BCUT2D eigenvalue weighted by molar-refractivity contribution is 4.96. The van der Waals surface area contributed by atoms with E-state index in [1.807, 2.05) is 6.92 Å². The van der Waals surface area contributed by atoms with Crippen molar-refractivity contribution in [2.45, 2.75) is 44.5 Å². The molecule has 14 heavy (non-hydrogen) atoms. The summed E-state index contributed by atoms with van der Waals surface area (Å²) < 4.78 is 0. The molecule has 84 valence electrons. The van der Waals surface area contributed by atoms with Crippen molar-refractivity contribution in [1.29, 1.82) is 0 Å². The Morgan fingerprint density at radius 3 is 2.57 bits per heavy atom. The van der Waals surface area contributed by atoms with E-state index in [2.05, 4.69) is 0 Å². The SMILES string of the molecule is CCCC(O)(O)C(O)C1CC1CCO. The van der Waals surface area contributed by atoms with E-state index in [0.29, 0.717) is 12.8 Å². The van der Waals surface area contributed by atoms with Crippen LogP contribution in [0.15, 0.2) is 0 Å². The molecule has 1 aliphatic carbocycles. The van der Waals surface area contributed by atoms with Gasteiger partial charge in [-0.05, 0) is 24.7 Å². The van der Waals surface area contributed by atoms with Crippen molar-refractivity contribution in [3.05, 3.63) is 0 Å². The lowest BCUT2D eigenvalue weighted by molar-refractivity contribution is -0.235. The van der Waals surface area contributed by atoms with Gasteiger partial charge >= 0.3 is 0 Å². The first-order valence-electron chi connectivity index (χ1n) is 5.26. The average Bonchev–Trinajstić information content (AvgIpc) is 2.83. The lowest BCUT2D eigenvalue weighted by Gasteiger charge is -2.27. The molecule has 0 radical (unpaired) electrons. The zero-order chi connectivity index (χ0) is 10.8. The third-order valence-electron chi connectivity index (χ3n) is 2.97. The number of rotatable bonds is 6. The smallest absolute Gasteiger partial charge is 0.189 e. The summed E-state index contributed by atoms with van der Waals surface area (Å²) in [6, 6.07) is 0. The van der Waals surface area contributed by atoms with E-state index >= 15 is 0 Å². The Kier molecular flexibility index (Phi) is 3.89. The van der Waals surface area contributed by atoms with Crippen molar-refractivity contribution in [3.63, 3.8) is 0 Å². The molecule has 0 aromatic carbocycles. The fourth-order valence-corrected chi connectivity index (χ4v) is 2.01. The van der Waals surface area contributed by atoms with Gasteiger partial charge in [0.15, 0.2) is 5.79 Å². The molecule has 1 aliphatic rings. The number of hydrogen-bond donors (Lipinski definition) is 4. The summed E-state index contributed by atoms with van der Waals surface area (Å²) in [5.41, 5.74) is 0. The lowest BCUT2D eigenvalue weighted by atomic mass is 9.99. The average molecular weight is 204 g/mol. The monoisotopic (exact) mass is 204 g/mol. The molecular weight excluding hydrogens is 184 g/mol. The molecule has 3 atom stereocenters. The van der Waals surface area contributed by atoms with Gasteiger partial charge in [-0.3, -0.25) is 0 Å². The van der Waals surface area contributed by atoms with Gasteiger partial charge in [-0.15, -0.1) is 0 Å². The summed E-state index contributed by atoms with van der Waals surface area (Å²) in [6.45, 7) is 1.94. The van der Waals surface area contributed by atoms with E-state index < -0.39 is 11.9 Å². The number of aliphatic hydroxyl groups excluding tert-OH is 2. The van der Waals surface area contributed by atoms with Crippen LogP contribution < -0.4 is 0 Å². The highest BCUT2D eigenvalue weighted by Gasteiger charge is 2.49. The number of aliphatic hydroxyl groups is 4. The van der Waals surface area contributed by atoms with Gasteiger partial charge < -0.3 is 20.4 Å². The largest absolute Gasteiger partial charge is 0.396 e. The fraction of sp³-hybridized carbons (Fsp3) is 1.00. The van der Waals surface area contributed by atoms with Crippen LogP contribution in [0.25, 0.3) is 0 Å². The van der Waals surface area contributed by atoms with Crippen molar-refractivity contribution >= 4 is 0 Å². The van der Waals surface area contributed by atoms with Crippen LogP contribution in [0.1, 0.15) is 32.6 Å². The predicted molar refractivity (Wildman–Crippen MR) is 51.4 cm³/mol. The first kappa shape index (κ1) is 11.9. The fourth-order valence-electron chi connectivity index (χ4n) is 2.01. The molecule has 4 heteroatoms. The molecular formula is C10H20O4. The zero-order valence-electron chi connectivity index (χ0n) is 8.56. The van der Waals surface area contributed by atoms with E-state index in [1.165, 1.54) is 0 Å². The summed E-state index contributed by atoms with van der Waals surface area (Å²) >= 11 is 0. The molecule has 0 aliphatic heterocycles. The van der Waals surface area contributed by atoms with E-state index in [4.69, 9.17) is 5.11 Å². The molecule has 1 fully saturated rings. The van der Waals surface area contributed by atoms with Gasteiger partial charge in [-0.1, -0.05) is 13.3 Å². The topological polar surface area (TPSA) is 80.9 Å². The maximum atomic E-state index is 9.66. The van der Waals surface area contributed by atoms with Gasteiger partial charge in [0.25, 0.3) is 0 Å². The van der Waals surface area contributed by atoms with E-state index in [1.54, 1.807) is 0 Å². The molecule has 3 unspecified atom stereocenters. The lowest BCUT2D eigenvalue weighted by Crippen LogP contribution is -2.43. The Morgan fingerprint density at radius 2 is 2.07 bits per heavy atom. The minimum Gasteiger partial charge on any atom is -0.396 e. The van der Waals surface area contributed by atoms with Crippen molar-refractivity contribution in [1.82, 2.24) is 0 Å². The van der Waals surface area contributed by atoms with Crippen molar-refractivity contribution in [2.24, 2.45) is 11.8 Å². The summed E-state index contributed by atoms with van der Waals surface area (Å²) in [5.74, 6) is -1.75. The predicted octanol–water partition coefficient (Wildman–Crippen LogP) is -0.153. The molecule has 0 spiro atoms. The van der Waals surface area contributed by atoms with Crippen LogP contribution in [0, 0.1) is 11.8 Å². The second-order valence-corrected chi connectivity index (χ2v) is 4.25. The van der Waals surface area contributed by atoms with Crippen LogP contribution in [0.2, 0.25) is 0 Å². The summed E-state index contributed by atoms with van der Waals surface area (Å²) in [4.78, 5) is 0. The quantitative estimate of drug-likeness (QED) is 0.453. The minimum atomic E-state index is -1.95. The minimum absolute atomic E-state index is 0.0521. The molecule has 0 amide bonds. The Morgan fingerprint density at radius 1 is 1.43 bits per heavy atom. The van der Waals surface area contributed by atoms with Gasteiger partial charge in [-0.25, -0.2) is 0 Å². The Bertz CT molecular complexity index is 181. The van der Waals surface area contributed by atoms with Gasteiger partial charge in [0.05, 0.1) is 0 Å². The summed E-state index contributed by atoms with van der Waals surface area (Å²) in [5, 5.41) is 37.4. The first-order chi connectivity index (χ1) is 6.53. The molecule has 4 N–H and O–H groups in total. The molecule has 0 heterocycles. The van der Waals surface area contributed by atoms with Crippen LogP contribution >= 0.6 is 0 Å². The third-order valence-corrected chi connectivity index (χ3v) is 2.97. The van der Waals surface area contributed by atoms with Crippen molar-refractivity contribution in [3.8, 4) is 0 Å². The maximum absolute atomic E-state index is 9.66. The van der Waals surface area contributed by atoms with Crippen LogP contribution in [0.4, 0.5) is 0 Å². The highest BCUT2D eigenvalue weighted by atomic mass is 16.5. The van der Waals surface area contributed by atoms with Gasteiger partial charge in [0.2, 0.25) is 0 Å². The summed E-state index contributed by atoms with van der Waals surface area (Å²) in [7, 11) is 0. The standard InChI is InChI=1S/C10H20O4/c1-2-4-10(13,14)9(12)8-6-7(8)3-5-11/h7-9,11-14H,2-6H2,1H3. The highest BCUT2D eigenvalue weighted by Crippen LogP contribution is 2.46. The normalized spacial score (nSPS) is 28.9. The second kappa shape index (κ2) is 4.57. The van der Waals surface area contributed by atoms with Gasteiger partial charge in [0.1, 0.15) is 6.10 Å². The molecule has 1 saturated carbocycles. The maximum Gasteiger partial charge on any atom is 0.189 e. The molecule has 0 saturated heterocycles. The van der Waals surface area contributed by atoms with Crippen LogP contribution in [0.5, 0.6) is 0 Å². The third kappa shape index (κ3) is 2.67. The molecule has 4 nitrogen and oxygen atoms in total. The molecule has 0 aromatic heterocycles.